The van der Waals surface area contributed by atoms with Crippen LogP contribution in [0.5, 0.6) is 0 Å². The fraction of sp³-hybridized carbons (Fsp3) is 0.0674. The first-order chi connectivity index (χ1) is 46.2. The topological polar surface area (TPSA) is 32.6 Å². The third-order valence-electron chi connectivity index (χ3n) is 20.4. The number of aromatic nitrogens is 5. The van der Waals surface area contributed by atoms with Gasteiger partial charge in [-0.3, -0.25) is 4.98 Å². The molecular formula is C89H62N5Y3-3. The average molecular weight is 1470 g/mol. The number of benzene rings is 14. The summed E-state index contributed by atoms with van der Waals surface area (Å²) >= 11 is 0. The Kier molecular flexibility index (Phi) is 17.1. The quantitative estimate of drug-likeness (QED) is 0.162. The summed E-state index contributed by atoms with van der Waals surface area (Å²) in [7, 11) is 6.47. The minimum Gasteiger partial charge on any atom is -0.367 e. The van der Waals surface area contributed by atoms with E-state index in [-0.39, 0.29) is 104 Å². The Morgan fingerprint density at radius 3 is 1.18 bits per heavy atom. The van der Waals surface area contributed by atoms with Gasteiger partial charge in [0.15, 0.2) is 0 Å². The van der Waals surface area contributed by atoms with Crippen molar-refractivity contribution >= 4 is 120 Å². The van der Waals surface area contributed by atoms with Gasteiger partial charge >= 0.3 is 0 Å². The van der Waals surface area contributed by atoms with Crippen LogP contribution in [0.2, 0.25) is 0 Å². The Bertz CT molecular complexity index is 6250. The molecule has 3 radical (unpaired) electrons. The van der Waals surface area contributed by atoms with Gasteiger partial charge in [0, 0.05) is 186 Å². The van der Waals surface area contributed by atoms with Gasteiger partial charge in [-0.25, -0.2) is 0 Å². The predicted molar refractivity (Wildman–Crippen MR) is 396 cm³/mol. The standard InChI is InChI=1S/C35H23N2.C32H24N.C22H15N2.3Y/c1-36-32-15-7-4-13-28(32)31-22-30(25-10-2-3-14-29(25)35(31)36)23-18-20-24(21-19-23)37-33-16-8-5-11-26(33)27-12-6-9-17-34(27)37;1-32(2)28-14-8-6-11-22(28)23-17-16-20(18-29(23)32)26-19-27-24-12-7-9-15-30(24)33(3)31(27)25-13-5-4-10-21(25)26;1-24-21-12-5-4-9-16(21)19-14-18(20-11-6-7-13-23-20)15-8-2-3-10-17(15)22(19)24;;;/h2-3,5-22H,1H3;4-6,8-19H,1-3H3;2-3,5-14H,1H3;;;/q3*-1;;;. The molecular weight excluding hydrogens is 1410 g/mol. The van der Waals surface area contributed by atoms with Crippen molar-refractivity contribution in [3.05, 3.63) is 315 Å². The number of nitrogens with zero attached hydrogens (tertiary/aromatic N) is 5. The summed E-state index contributed by atoms with van der Waals surface area (Å²) in [6, 6.07) is 110. The van der Waals surface area contributed by atoms with Crippen molar-refractivity contribution in [2.45, 2.75) is 19.3 Å². The first-order valence-electron chi connectivity index (χ1n) is 32.3. The molecule has 5 nitrogen and oxygen atoms in total. The van der Waals surface area contributed by atoms with Crippen molar-refractivity contribution in [3.8, 4) is 50.3 Å². The zero-order chi connectivity index (χ0) is 62.9. The Morgan fingerprint density at radius 2 is 0.691 bits per heavy atom. The van der Waals surface area contributed by atoms with Gasteiger partial charge in [0.05, 0.1) is 16.7 Å². The number of hydrogen-bond acceptors (Lipinski definition) is 1. The molecule has 0 unspecified atom stereocenters. The molecule has 0 fully saturated rings. The van der Waals surface area contributed by atoms with Crippen LogP contribution in [-0.4, -0.2) is 23.3 Å². The van der Waals surface area contributed by atoms with Crippen LogP contribution in [0.15, 0.2) is 285 Å². The van der Waals surface area contributed by atoms with Gasteiger partial charge in [-0.15, -0.1) is 34.4 Å². The van der Waals surface area contributed by atoms with Crippen molar-refractivity contribution in [1.82, 2.24) is 23.3 Å². The first kappa shape index (κ1) is 64.5. The van der Waals surface area contributed by atoms with Crippen molar-refractivity contribution in [1.29, 1.82) is 0 Å². The second-order valence-electron chi connectivity index (χ2n) is 25.7. The molecule has 0 aliphatic heterocycles. The fourth-order valence-electron chi connectivity index (χ4n) is 16.0. The summed E-state index contributed by atoms with van der Waals surface area (Å²) in [5, 5.41) is 17.8. The molecule has 5 aromatic heterocycles. The van der Waals surface area contributed by atoms with E-state index in [1.165, 1.54) is 175 Å². The van der Waals surface area contributed by atoms with E-state index >= 15 is 0 Å². The zero-order valence-electron chi connectivity index (χ0n) is 54.6. The minimum absolute atomic E-state index is 0. The molecule has 14 aromatic carbocycles. The van der Waals surface area contributed by atoms with E-state index in [2.05, 4.69) is 325 Å². The molecule has 0 saturated heterocycles. The fourth-order valence-corrected chi connectivity index (χ4v) is 16.0. The molecule has 0 N–H and O–H groups in total. The molecule has 0 amide bonds. The number of pyridine rings is 1. The molecule has 455 valence electrons. The maximum absolute atomic E-state index is 4.58. The van der Waals surface area contributed by atoms with E-state index in [0.717, 1.165) is 5.69 Å². The Hall–Kier alpha value is -8.48. The number of aryl methyl sites for hydroxylation is 3. The summed E-state index contributed by atoms with van der Waals surface area (Å²) in [5.74, 6) is 0. The maximum Gasteiger partial charge on any atom is 0.0708 e. The average Bonchev–Trinajstić information content (AvgIpc) is 1.60. The molecule has 8 heteroatoms. The molecule has 0 atom stereocenters. The van der Waals surface area contributed by atoms with E-state index in [0.29, 0.717) is 0 Å². The molecule has 0 spiro atoms. The zero-order valence-corrected chi connectivity index (χ0v) is 63.1. The second kappa shape index (κ2) is 25.7. The maximum atomic E-state index is 4.58. The van der Waals surface area contributed by atoms with Crippen LogP contribution < -0.4 is 0 Å². The van der Waals surface area contributed by atoms with E-state index in [1.807, 2.05) is 36.5 Å². The normalized spacial score (nSPS) is 12.2. The molecule has 0 saturated carbocycles. The molecule has 1 aliphatic rings. The molecule has 97 heavy (non-hydrogen) atoms. The number of para-hydroxylation sites is 2. The summed E-state index contributed by atoms with van der Waals surface area (Å²) in [6.45, 7) is 4.70. The van der Waals surface area contributed by atoms with Crippen LogP contribution >= 0.6 is 0 Å². The van der Waals surface area contributed by atoms with Gasteiger partial charge in [-0.05, 0) is 119 Å². The Labute approximate surface area is 639 Å². The van der Waals surface area contributed by atoms with Crippen LogP contribution in [0.1, 0.15) is 25.0 Å². The smallest absolute Gasteiger partial charge is 0.0708 e. The summed E-state index contributed by atoms with van der Waals surface area (Å²) < 4.78 is 9.29. The first-order valence-corrected chi connectivity index (χ1v) is 32.3. The van der Waals surface area contributed by atoms with E-state index < -0.39 is 0 Å². The number of fused-ring (bicyclic) bond motifs is 21. The van der Waals surface area contributed by atoms with E-state index in [1.54, 1.807) is 0 Å². The van der Waals surface area contributed by atoms with E-state index in [9.17, 15) is 0 Å². The third-order valence-corrected chi connectivity index (χ3v) is 20.4. The van der Waals surface area contributed by atoms with Crippen molar-refractivity contribution in [2.24, 2.45) is 21.1 Å². The van der Waals surface area contributed by atoms with Gasteiger partial charge in [0.25, 0.3) is 0 Å². The Balaban J connectivity index is 0.000000120. The van der Waals surface area contributed by atoms with Gasteiger partial charge < -0.3 is 18.3 Å². The predicted octanol–water partition coefficient (Wildman–Crippen LogP) is 22.6. The largest absolute Gasteiger partial charge is 0.367 e. The summed E-state index contributed by atoms with van der Waals surface area (Å²) in [5.41, 5.74) is 24.0. The van der Waals surface area contributed by atoms with Gasteiger partial charge in [-0.2, -0.15) is 54.6 Å². The monoisotopic (exact) mass is 1470 g/mol. The summed E-state index contributed by atoms with van der Waals surface area (Å²) in [4.78, 5) is 4.58. The molecule has 5 heterocycles. The molecule has 1 aliphatic carbocycles. The van der Waals surface area contributed by atoms with Gasteiger partial charge in [0.1, 0.15) is 0 Å². The molecule has 0 bridgehead atoms. The van der Waals surface area contributed by atoms with Crippen molar-refractivity contribution in [3.63, 3.8) is 0 Å². The van der Waals surface area contributed by atoms with Crippen LogP contribution in [0.25, 0.3) is 170 Å². The molecule has 20 rings (SSSR count). The molecule has 19 aromatic rings. The Morgan fingerprint density at radius 1 is 0.299 bits per heavy atom. The van der Waals surface area contributed by atoms with Crippen LogP contribution in [-0.2, 0) is 125 Å². The summed E-state index contributed by atoms with van der Waals surface area (Å²) in [6.07, 6.45) is 1.85. The SMILES string of the molecule is Cn1c2cc[c-]cc2c2cc(-c3ccc(-n4c5ccccc5c5ccccc54)cc3)c3ccccc3c21.Cn1c2cc[c-]cc2c2cc(-c3ccc4c(c3)C(C)(C)c3ccccc3-4)c3ccccc3c21.Cn1c2cc[c-]cc2c2cc(-c3ccccn3)c3ccccc3c21.[Y].[Y].[Y]. The number of rotatable bonds is 4. The van der Waals surface area contributed by atoms with Crippen LogP contribution in [0.4, 0.5) is 0 Å². The van der Waals surface area contributed by atoms with Crippen LogP contribution in [0, 0.1) is 18.2 Å². The van der Waals surface area contributed by atoms with Crippen molar-refractivity contribution < 1.29 is 98.1 Å². The van der Waals surface area contributed by atoms with Gasteiger partial charge in [0.2, 0.25) is 0 Å². The van der Waals surface area contributed by atoms with Crippen molar-refractivity contribution in [2.75, 3.05) is 0 Å². The van der Waals surface area contributed by atoms with E-state index in [4.69, 9.17) is 0 Å². The van der Waals surface area contributed by atoms with Crippen LogP contribution in [0.3, 0.4) is 0 Å². The third kappa shape index (κ3) is 10.3. The minimum atomic E-state index is -0.00372. The van der Waals surface area contributed by atoms with Gasteiger partial charge in [-0.1, -0.05) is 212 Å². The number of hydrogen-bond donors (Lipinski definition) is 0. The second-order valence-corrected chi connectivity index (χ2v) is 25.7.